The number of hydrogen-bond donors (Lipinski definition) is 3. The number of hydrogen-bond acceptors (Lipinski definition) is 5. The van der Waals surface area contributed by atoms with Crippen molar-refractivity contribution in [2.45, 2.75) is 13.5 Å². The molecule has 1 amide bonds. The van der Waals surface area contributed by atoms with Crippen LogP contribution in [0.1, 0.15) is 21.7 Å². The fourth-order valence-electron chi connectivity index (χ4n) is 1.47. The molecule has 98 valence electrons. The summed E-state index contributed by atoms with van der Waals surface area (Å²) in [7, 11) is 0. The molecule has 1 aromatic heterocycles. The number of benzene rings is 1. The van der Waals surface area contributed by atoms with Crippen LogP contribution in [0.25, 0.3) is 0 Å². The maximum atomic E-state index is 11.8. The number of phenols is 1. The van der Waals surface area contributed by atoms with E-state index in [1.165, 1.54) is 12.1 Å². The highest BCUT2D eigenvalue weighted by Gasteiger charge is 2.08. The standard InChI is InChI=1S/C13H14N4O2/c1-8-5-16-10(6-15-8)7-17-13(19)9-2-3-11(14)12(18)4-9/h2-6,18H,7,14H2,1H3,(H,17,19). The first kappa shape index (κ1) is 12.8. The van der Waals surface area contributed by atoms with E-state index in [1.807, 2.05) is 6.92 Å². The second kappa shape index (κ2) is 5.34. The molecule has 1 aromatic carbocycles. The number of aromatic nitrogens is 2. The van der Waals surface area contributed by atoms with Crippen molar-refractivity contribution in [1.29, 1.82) is 0 Å². The van der Waals surface area contributed by atoms with Crippen LogP contribution in [0.3, 0.4) is 0 Å². The monoisotopic (exact) mass is 258 g/mol. The van der Waals surface area contributed by atoms with Gasteiger partial charge in [0, 0.05) is 11.8 Å². The van der Waals surface area contributed by atoms with E-state index in [0.29, 0.717) is 11.3 Å². The Bertz CT molecular complexity index is 596. The van der Waals surface area contributed by atoms with Crippen molar-refractivity contribution >= 4 is 11.6 Å². The van der Waals surface area contributed by atoms with Crippen molar-refractivity contribution in [3.05, 3.63) is 47.5 Å². The first-order chi connectivity index (χ1) is 9.06. The predicted molar refractivity (Wildman–Crippen MR) is 70.5 cm³/mol. The molecule has 2 aromatic rings. The second-order valence-corrected chi connectivity index (χ2v) is 4.11. The third-order valence-electron chi connectivity index (χ3n) is 2.56. The van der Waals surface area contributed by atoms with Gasteiger partial charge in [-0.3, -0.25) is 14.8 Å². The van der Waals surface area contributed by atoms with Gasteiger partial charge in [0.15, 0.2) is 0 Å². The van der Waals surface area contributed by atoms with E-state index >= 15 is 0 Å². The number of carbonyl (C=O) groups is 1. The van der Waals surface area contributed by atoms with E-state index in [9.17, 15) is 9.90 Å². The molecule has 0 aliphatic heterocycles. The molecule has 0 bridgehead atoms. The predicted octanol–water partition coefficient (Wildman–Crippen LogP) is 1.00. The van der Waals surface area contributed by atoms with Gasteiger partial charge in [-0.05, 0) is 25.1 Å². The molecule has 4 N–H and O–H groups in total. The average molecular weight is 258 g/mol. The molecular formula is C13H14N4O2. The summed E-state index contributed by atoms with van der Waals surface area (Å²) in [6.07, 6.45) is 3.24. The second-order valence-electron chi connectivity index (χ2n) is 4.11. The van der Waals surface area contributed by atoms with Crippen LogP contribution >= 0.6 is 0 Å². The molecule has 0 saturated heterocycles. The molecule has 0 spiro atoms. The molecule has 0 unspecified atom stereocenters. The number of amides is 1. The third-order valence-corrected chi connectivity index (χ3v) is 2.56. The average Bonchev–Trinajstić information content (AvgIpc) is 2.41. The number of phenolic OH excluding ortho intramolecular Hbond substituents is 1. The Kier molecular flexibility index (Phi) is 3.61. The van der Waals surface area contributed by atoms with E-state index in [2.05, 4.69) is 15.3 Å². The number of carbonyl (C=O) groups excluding carboxylic acids is 1. The third kappa shape index (κ3) is 3.19. The highest BCUT2D eigenvalue weighted by Crippen LogP contribution is 2.20. The van der Waals surface area contributed by atoms with Crippen molar-refractivity contribution in [3.63, 3.8) is 0 Å². The number of nitrogens with zero attached hydrogens (tertiary/aromatic N) is 2. The van der Waals surface area contributed by atoms with Gasteiger partial charge < -0.3 is 16.2 Å². The van der Waals surface area contributed by atoms with E-state index in [-0.39, 0.29) is 23.9 Å². The number of rotatable bonds is 3. The summed E-state index contributed by atoms with van der Waals surface area (Å²) in [4.78, 5) is 20.1. The minimum Gasteiger partial charge on any atom is -0.506 e. The molecule has 0 aliphatic rings. The summed E-state index contributed by atoms with van der Waals surface area (Å²) in [5, 5.41) is 12.1. The Morgan fingerprint density at radius 1 is 1.37 bits per heavy atom. The summed E-state index contributed by atoms with van der Waals surface area (Å²) in [5.41, 5.74) is 7.53. The fraction of sp³-hybridized carbons (Fsp3) is 0.154. The first-order valence-corrected chi connectivity index (χ1v) is 5.70. The highest BCUT2D eigenvalue weighted by molar-refractivity contribution is 5.95. The van der Waals surface area contributed by atoms with Gasteiger partial charge >= 0.3 is 0 Å². The van der Waals surface area contributed by atoms with Gasteiger partial charge in [0.25, 0.3) is 5.91 Å². The lowest BCUT2D eigenvalue weighted by Crippen LogP contribution is -2.23. The summed E-state index contributed by atoms with van der Waals surface area (Å²) < 4.78 is 0. The Morgan fingerprint density at radius 3 is 2.79 bits per heavy atom. The van der Waals surface area contributed by atoms with Crippen LogP contribution in [0.5, 0.6) is 5.75 Å². The zero-order valence-corrected chi connectivity index (χ0v) is 10.4. The van der Waals surface area contributed by atoms with Crippen molar-refractivity contribution in [3.8, 4) is 5.75 Å². The maximum Gasteiger partial charge on any atom is 0.251 e. The maximum absolute atomic E-state index is 11.8. The number of nitrogen functional groups attached to an aromatic ring is 1. The molecule has 6 heteroatoms. The van der Waals surface area contributed by atoms with Gasteiger partial charge in [-0.2, -0.15) is 0 Å². The first-order valence-electron chi connectivity index (χ1n) is 5.70. The van der Waals surface area contributed by atoms with Crippen LogP contribution in [-0.2, 0) is 6.54 Å². The Labute approximate surface area is 110 Å². The number of anilines is 1. The Hall–Kier alpha value is -2.63. The molecule has 19 heavy (non-hydrogen) atoms. The summed E-state index contributed by atoms with van der Waals surface area (Å²) in [5.74, 6) is -0.416. The molecule has 1 heterocycles. The lowest BCUT2D eigenvalue weighted by atomic mass is 10.2. The van der Waals surface area contributed by atoms with Gasteiger partial charge in [-0.15, -0.1) is 0 Å². The van der Waals surface area contributed by atoms with E-state index in [1.54, 1.807) is 18.5 Å². The zero-order chi connectivity index (χ0) is 13.8. The summed E-state index contributed by atoms with van der Waals surface area (Å²) >= 11 is 0. The molecule has 6 nitrogen and oxygen atoms in total. The molecular weight excluding hydrogens is 244 g/mol. The van der Waals surface area contributed by atoms with E-state index in [4.69, 9.17) is 5.73 Å². The Balaban J connectivity index is 2.01. The summed E-state index contributed by atoms with van der Waals surface area (Å²) in [6.45, 7) is 2.11. The molecule has 0 aliphatic carbocycles. The van der Waals surface area contributed by atoms with Gasteiger partial charge in [-0.25, -0.2) is 0 Å². The number of aromatic hydroxyl groups is 1. The topological polar surface area (TPSA) is 101 Å². The molecule has 0 saturated carbocycles. The largest absolute Gasteiger partial charge is 0.506 e. The van der Waals surface area contributed by atoms with Crippen LogP contribution < -0.4 is 11.1 Å². The lowest BCUT2D eigenvalue weighted by Gasteiger charge is -2.06. The van der Waals surface area contributed by atoms with Gasteiger partial charge in [-0.1, -0.05) is 0 Å². The van der Waals surface area contributed by atoms with Crippen molar-refractivity contribution in [2.24, 2.45) is 0 Å². The van der Waals surface area contributed by atoms with Crippen molar-refractivity contribution in [2.75, 3.05) is 5.73 Å². The van der Waals surface area contributed by atoms with Crippen LogP contribution in [-0.4, -0.2) is 21.0 Å². The quantitative estimate of drug-likeness (QED) is 0.563. The van der Waals surface area contributed by atoms with Crippen molar-refractivity contribution < 1.29 is 9.90 Å². The lowest BCUT2D eigenvalue weighted by molar-refractivity contribution is 0.0950. The van der Waals surface area contributed by atoms with Crippen molar-refractivity contribution in [1.82, 2.24) is 15.3 Å². The van der Waals surface area contributed by atoms with E-state index in [0.717, 1.165) is 5.69 Å². The Morgan fingerprint density at radius 2 is 2.16 bits per heavy atom. The molecule has 2 rings (SSSR count). The normalized spacial score (nSPS) is 10.2. The van der Waals surface area contributed by atoms with E-state index < -0.39 is 0 Å². The molecule has 0 radical (unpaired) electrons. The van der Waals surface area contributed by atoms with Crippen LogP contribution in [0, 0.1) is 6.92 Å². The fourth-order valence-corrected chi connectivity index (χ4v) is 1.47. The summed E-state index contributed by atoms with van der Waals surface area (Å²) in [6, 6.07) is 4.35. The number of aryl methyl sites for hydroxylation is 1. The molecule has 0 fully saturated rings. The van der Waals surface area contributed by atoms with Gasteiger partial charge in [0.1, 0.15) is 5.75 Å². The van der Waals surface area contributed by atoms with Gasteiger partial charge in [0.2, 0.25) is 0 Å². The van der Waals surface area contributed by atoms with Crippen LogP contribution in [0.15, 0.2) is 30.6 Å². The van der Waals surface area contributed by atoms with Crippen LogP contribution in [0.4, 0.5) is 5.69 Å². The smallest absolute Gasteiger partial charge is 0.251 e. The number of nitrogens with two attached hydrogens (primary N) is 1. The molecule has 0 atom stereocenters. The van der Waals surface area contributed by atoms with Crippen LogP contribution in [0.2, 0.25) is 0 Å². The minimum atomic E-state index is -0.308. The highest BCUT2D eigenvalue weighted by atomic mass is 16.3. The SMILES string of the molecule is Cc1cnc(CNC(=O)c2ccc(N)c(O)c2)cn1. The number of nitrogens with one attached hydrogen (secondary N) is 1. The van der Waals surface area contributed by atoms with Gasteiger partial charge in [0.05, 0.1) is 29.8 Å². The minimum absolute atomic E-state index is 0.109. The zero-order valence-electron chi connectivity index (χ0n) is 10.4.